The molecule has 6 heteroatoms. The topological polar surface area (TPSA) is 70.9 Å². The molecule has 0 spiro atoms. The number of oxime groups is 1. The highest BCUT2D eigenvalue weighted by atomic mass is 19.1. The number of phenolic OH excluding ortho intramolecular Hbond substituents is 1. The summed E-state index contributed by atoms with van der Waals surface area (Å²) in [5, 5.41) is 16.7. The lowest BCUT2D eigenvalue weighted by Gasteiger charge is -2.10. The maximum absolute atomic E-state index is 13.7. The van der Waals surface area contributed by atoms with Gasteiger partial charge in [0.2, 0.25) is 0 Å². The molecule has 0 fully saturated rings. The Morgan fingerprint density at radius 3 is 2.34 bits per heavy atom. The third-order valence-electron chi connectivity index (χ3n) is 5.33. The zero-order valence-electron chi connectivity index (χ0n) is 19.2. The average Bonchev–Trinajstić information content (AvgIpc) is 2.78. The molecule has 0 saturated heterocycles. The lowest BCUT2D eigenvalue weighted by molar-refractivity contribution is 0.166. The Morgan fingerprint density at radius 1 is 1.00 bits per heavy atom. The van der Waals surface area contributed by atoms with E-state index in [1.54, 1.807) is 18.2 Å². The van der Waals surface area contributed by atoms with Gasteiger partial charge in [0.1, 0.15) is 11.6 Å². The predicted molar refractivity (Wildman–Crippen MR) is 128 cm³/mol. The van der Waals surface area contributed by atoms with Gasteiger partial charge in [-0.05, 0) is 44.0 Å². The van der Waals surface area contributed by atoms with Gasteiger partial charge >= 0.3 is 6.09 Å². The number of rotatable bonds is 13. The lowest BCUT2D eigenvalue weighted by atomic mass is 10.00. The predicted octanol–water partition coefficient (Wildman–Crippen LogP) is 7.71. The van der Waals surface area contributed by atoms with Crippen LogP contribution in [0.3, 0.4) is 0 Å². The van der Waals surface area contributed by atoms with Gasteiger partial charge in [0.25, 0.3) is 0 Å². The van der Waals surface area contributed by atoms with Crippen LogP contribution in [0.1, 0.15) is 82.3 Å². The Morgan fingerprint density at radius 2 is 1.66 bits per heavy atom. The van der Waals surface area contributed by atoms with Crippen LogP contribution in [0, 0.1) is 12.7 Å². The Labute approximate surface area is 190 Å². The molecule has 32 heavy (non-hydrogen) atoms. The van der Waals surface area contributed by atoms with E-state index < -0.39 is 11.9 Å². The Hall–Kier alpha value is -2.89. The van der Waals surface area contributed by atoms with Crippen molar-refractivity contribution in [1.29, 1.82) is 0 Å². The molecular weight excluding hydrogens is 407 g/mol. The summed E-state index contributed by atoms with van der Waals surface area (Å²) >= 11 is 0. The second-order valence-corrected chi connectivity index (χ2v) is 8.12. The molecule has 2 rings (SSSR count). The summed E-state index contributed by atoms with van der Waals surface area (Å²) < 4.78 is 13.7. The smallest absolute Gasteiger partial charge is 0.437 e. The monoisotopic (exact) mass is 442 g/mol. The van der Waals surface area contributed by atoms with Crippen molar-refractivity contribution in [3.05, 3.63) is 59.4 Å². The fourth-order valence-electron chi connectivity index (χ4n) is 3.51. The summed E-state index contributed by atoms with van der Waals surface area (Å²) in [7, 11) is 0. The number of halogens is 1. The largest absolute Gasteiger partial charge is 0.507 e. The molecule has 0 heterocycles. The molecule has 1 amide bonds. The van der Waals surface area contributed by atoms with Crippen molar-refractivity contribution in [1.82, 2.24) is 0 Å². The highest BCUT2D eigenvalue weighted by Gasteiger charge is 2.13. The molecule has 0 aliphatic heterocycles. The molecule has 2 aromatic carbocycles. The number of hydrogen-bond donors (Lipinski definition) is 2. The molecule has 0 radical (unpaired) electrons. The average molecular weight is 443 g/mol. The fourth-order valence-corrected chi connectivity index (χ4v) is 3.51. The minimum Gasteiger partial charge on any atom is -0.507 e. The van der Waals surface area contributed by atoms with Gasteiger partial charge < -0.3 is 5.11 Å². The number of carbonyl (C=O) groups excluding carboxylic acids is 1. The molecule has 0 unspecified atom stereocenters. The number of anilines is 1. The number of phenols is 1. The van der Waals surface area contributed by atoms with E-state index in [9.17, 15) is 14.3 Å². The van der Waals surface area contributed by atoms with E-state index in [-0.39, 0.29) is 11.4 Å². The van der Waals surface area contributed by atoms with Crippen molar-refractivity contribution < 1.29 is 19.1 Å². The number of nitrogens with one attached hydrogen (secondary N) is 1. The number of benzene rings is 2. The van der Waals surface area contributed by atoms with Crippen LogP contribution in [0.2, 0.25) is 0 Å². The molecule has 2 N–H and O–H groups in total. The third-order valence-corrected chi connectivity index (χ3v) is 5.33. The summed E-state index contributed by atoms with van der Waals surface area (Å²) in [6.07, 6.45) is 10.4. The molecule has 0 bridgehead atoms. The van der Waals surface area contributed by atoms with Gasteiger partial charge in [-0.3, -0.25) is 10.2 Å². The minimum absolute atomic E-state index is 0.0200. The third kappa shape index (κ3) is 9.08. The van der Waals surface area contributed by atoms with Gasteiger partial charge in [-0.25, -0.2) is 9.18 Å². The van der Waals surface area contributed by atoms with Crippen molar-refractivity contribution in [2.24, 2.45) is 5.16 Å². The summed E-state index contributed by atoms with van der Waals surface area (Å²) in [5.74, 6) is -0.469. The second kappa shape index (κ2) is 14.2. The van der Waals surface area contributed by atoms with Crippen LogP contribution >= 0.6 is 0 Å². The first kappa shape index (κ1) is 25.4. The van der Waals surface area contributed by atoms with E-state index in [1.807, 2.05) is 13.0 Å². The van der Waals surface area contributed by atoms with E-state index in [2.05, 4.69) is 17.4 Å². The van der Waals surface area contributed by atoms with E-state index in [1.165, 1.54) is 56.7 Å². The van der Waals surface area contributed by atoms with Gasteiger partial charge in [0, 0.05) is 5.56 Å². The molecule has 0 aromatic heterocycles. The normalized spacial score (nSPS) is 11.4. The van der Waals surface area contributed by atoms with Crippen LogP contribution in [0.25, 0.3) is 0 Å². The van der Waals surface area contributed by atoms with Crippen molar-refractivity contribution in [2.75, 3.05) is 5.32 Å². The fraction of sp³-hybridized carbons (Fsp3) is 0.462. The van der Waals surface area contributed by atoms with Crippen LogP contribution in [-0.4, -0.2) is 16.9 Å². The summed E-state index contributed by atoms with van der Waals surface area (Å²) in [6, 6.07) is 11.1. The van der Waals surface area contributed by atoms with Crippen LogP contribution < -0.4 is 5.32 Å². The number of aromatic hydroxyl groups is 1. The zero-order chi connectivity index (χ0) is 23.2. The second-order valence-electron chi connectivity index (χ2n) is 8.12. The van der Waals surface area contributed by atoms with Crippen molar-refractivity contribution in [2.45, 2.75) is 78.1 Å². The first-order chi connectivity index (χ1) is 15.5. The Balaban J connectivity index is 1.93. The van der Waals surface area contributed by atoms with Crippen LogP contribution in [-0.2, 0) is 4.84 Å². The van der Waals surface area contributed by atoms with Crippen molar-refractivity contribution >= 4 is 17.5 Å². The number of para-hydroxylation sites is 1. The quantitative estimate of drug-likeness (QED) is 0.144. The molecular formula is C26H35FN2O3. The van der Waals surface area contributed by atoms with E-state index in [0.29, 0.717) is 17.7 Å². The zero-order valence-corrected chi connectivity index (χ0v) is 19.2. The lowest BCUT2D eigenvalue weighted by Crippen LogP contribution is -2.14. The SMILES string of the molecule is CCCCCCCCCCCC(=NOC(=O)Nc1ccccc1F)c1cc(C)ccc1O. The number of unbranched alkanes of at least 4 members (excludes halogenated alkanes) is 8. The minimum atomic E-state index is -0.883. The Bertz CT molecular complexity index is 883. The van der Waals surface area contributed by atoms with Gasteiger partial charge in [-0.15, -0.1) is 0 Å². The molecule has 0 aliphatic rings. The van der Waals surface area contributed by atoms with E-state index in [0.717, 1.165) is 24.8 Å². The van der Waals surface area contributed by atoms with Crippen molar-refractivity contribution in [3.8, 4) is 5.75 Å². The highest BCUT2D eigenvalue weighted by Crippen LogP contribution is 2.22. The van der Waals surface area contributed by atoms with Crippen LogP contribution in [0.4, 0.5) is 14.9 Å². The summed E-state index contributed by atoms with van der Waals surface area (Å²) in [6.45, 7) is 4.14. The summed E-state index contributed by atoms with van der Waals surface area (Å²) in [5.41, 5.74) is 2.03. The van der Waals surface area contributed by atoms with Crippen molar-refractivity contribution in [3.63, 3.8) is 0 Å². The molecule has 0 aliphatic carbocycles. The number of amides is 1. The molecule has 5 nitrogen and oxygen atoms in total. The summed E-state index contributed by atoms with van der Waals surface area (Å²) in [4.78, 5) is 17.1. The van der Waals surface area contributed by atoms with Crippen LogP contribution in [0.15, 0.2) is 47.6 Å². The first-order valence-electron chi connectivity index (χ1n) is 11.6. The number of aryl methyl sites for hydroxylation is 1. The van der Waals surface area contributed by atoms with E-state index >= 15 is 0 Å². The number of carbonyl (C=O) groups is 1. The molecule has 174 valence electrons. The molecule has 0 saturated carbocycles. The van der Waals surface area contributed by atoms with E-state index in [4.69, 9.17) is 4.84 Å². The number of nitrogens with zero attached hydrogens (tertiary/aromatic N) is 1. The van der Waals surface area contributed by atoms with Crippen LogP contribution in [0.5, 0.6) is 5.75 Å². The van der Waals surface area contributed by atoms with Gasteiger partial charge in [-0.2, -0.15) is 0 Å². The van der Waals surface area contributed by atoms with Gasteiger partial charge in [-0.1, -0.05) is 87.2 Å². The first-order valence-corrected chi connectivity index (χ1v) is 11.6. The van der Waals surface area contributed by atoms with Gasteiger partial charge in [0.15, 0.2) is 0 Å². The molecule has 2 aromatic rings. The highest BCUT2D eigenvalue weighted by molar-refractivity contribution is 6.03. The maximum atomic E-state index is 13.7. The standard InChI is InChI=1S/C26H35FN2O3/c1-3-4-5-6-7-8-9-10-11-15-23(21-19-20(2)17-18-25(21)30)29-32-26(31)28-24-16-13-12-14-22(24)27/h12-14,16-19,30H,3-11,15H2,1-2H3,(H,28,31). The number of hydrogen-bond acceptors (Lipinski definition) is 4. The maximum Gasteiger partial charge on any atom is 0.437 e. The Kier molecular flexibility index (Phi) is 11.3. The molecule has 0 atom stereocenters. The van der Waals surface area contributed by atoms with Gasteiger partial charge in [0.05, 0.1) is 11.4 Å².